The van der Waals surface area contributed by atoms with Crippen LogP contribution in [-0.4, -0.2) is 12.2 Å². The number of hydrogen-bond donors (Lipinski definition) is 1. The first-order chi connectivity index (χ1) is 7.58. The van der Waals surface area contributed by atoms with Gasteiger partial charge >= 0.3 is 0 Å². The summed E-state index contributed by atoms with van der Waals surface area (Å²) in [6, 6.07) is 3.99. The summed E-state index contributed by atoms with van der Waals surface area (Å²) >= 11 is 0. The van der Waals surface area contributed by atoms with Crippen LogP contribution in [0.4, 0.5) is 0 Å². The molecule has 1 aliphatic carbocycles. The Bertz CT molecular complexity index is 390. The topological polar surface area (TPSA) is 29.5 Å². The van der Waals surface area contributed by atoms with Crippen molar-refractivity contribution < 1.29 is 9.84 Å². The fraction of sp³-hybridized carbons (Fsp3) is 0.571. The highest BCUT2D eigenvalue weighted by atomic mass is 16.5. The molecule has 1 aromatic carbocycles. The minimum absolute atomic E-state index is 0.596. The lowest BCUT2D eigenvalue weighted by molar-refractivity contribution is 0.0437. The Morgan fingerprint density at radius 1 is 1.12 bits per heavy atom. The molecule has 0 bridgehead atoms. The van der Waals surface area contributed by atoms with Gasteiger partial charge in [-0.1, -0.05) is 18.9 Å². The molecule has 16 heavy (non-hydrogen) atoms. The van der Waals surface area contributed by atoms with Crippen molar-refractivity contribution in [2.75, 3.05) is 7.11 Å². The van der Waals surface area contributed by atoms with Crippen molar-refractivity contribution in [1.82, 2.24) is 0 Å². The van der Waals surface area contributed by atoms with Crippen molar-refractivity contribution in [3.63, 3.8) is 0 Å². The van der Waals surface area contributed by atoms with Crippen LogP contribution >= 0.6 is 0 Å². The summed E-state index contributed by atoms with van der Waals surface area (Å²) in [7, 11) is 1.69. The molecule has 0 radical (unpaired) electrons. The maximum atomic E-state index is 10.6. The first-order valence-electron chi connectivity index (χ1n) is 5.95. The highest BCUT2D eigenvalue weighted by Crippen LogP contribution is 2.41. The number of aliphatic hydroxyl groups is 1. The average molecular weight is 220 g/mol. The van der Waals surface area contributed by atoms with E-state index >= 15 is 0 Å². The Kier molecular flexibility index (Phi) is 2.94. The van der Waals surface area contributed by atoms with E-state index in [0.717, 1.165) is 42.6 Å². The lowest BCUT2D eigenvalue weighted by Gasteiger charge is -2.26. The van der Waals surface area contributed by atoms with E-state index < -0.39 is 5.60 Å². The number of rotatable bonds is 2. The predicted octanol–water partition coefficient (Wildman–Crippen LogP) is 3.07. The van der Waals surface area contributed by atoms with Gasteiger partial charge < -0.3 is 9.84 Å². The van der Waals surface area contributed by atoms with E-state index in [4.69, 9.17) is 4.74 Å². The van der Waals surface area contributed by atoms with E-state index in [0.29, 0.717) is 0 Å². The third-order valence-electron chi connectivity index (χ3n) is 3.89. The van der Waals surface area contributed by atoms with Crippen LogP contribution in [0.1, 0.15) is 42.4 Å². The molecule has 1 aliphatic rings. The van der Waals surface area contributed by atoms with Gasteiger partial charge in [-0.3, -0.25) is 0 Å². The van der Waals surface area contributed by atoms with Gasteiger partial charge in [-0.15, -0.1) is 0 Å². The summed E-state index contributed by atoms with van der Waals surface area (Å²) in [6.07, 6.45) is 4.03. The molecule has 88 valence electrons. The Morgan fingerprint density at radius 3 is 2.31 bits per heavy atom. The van der Waals surface area contributed by atoms with Crippen LogP contribution in [-0.2, 0) is 5.60 Å². The highest BCUT2D eigenvalue weighted by Gasteiger charge is 2.34. The van der Waals surface area contributed by atoms with E-state index in [-0.39, 0.29) is 0 Å². The highest BCUT2D eigenvalue weighted by molar-refractivity contribution is 5.46. The summed E-state index contributed by atoms with van der Waals surface area (Å²) in [5.74, 6) is 0.905. The fourth-order valence-corrected chi connectivity index (χ4v) is 2.75. The average Bonchev–Trinajstić information content (AvgIpc) is 2.70. The summed E-state index contributed by atoms with van der Waals surface area (Å²) in [5, 5.41) is 10.6. The molecule has 2 heteroatoms. The van der Waals surface area contributed by atoms with E-state index in [2.05, 4.69) is 13.8 Å². The normalized spacial score (nSPS) is 18.8. The second-order valence-corrected chi connectivity index (χ2v) is 4.80. The molecule has 0 aliphatic heterocycles. The smallest absolute Gasteiger partial charge is 0.122 e. The molecule has 1 N–H and O–H groups in total. The molecule has 0 amide bonds. The zero-order chi connectivity index (χ0) is 11.8. The lowest BCUT2D eigenvalue weighted by atomic mass is 9.87. The number of hydrogen-bond acceptors (Lipinski definition) is 2. The molecular weight excluding hydrogens is 200 g/mol. The van der Waals surface area contributed by atoms with Crippen LogP contribution in [0.2, 0.25) is 0 Å². The Morgan fingerprint density at radius 2 is 1.75 bits per heavy atom. The van der Waals surface area contributed by atoms with Crippen LogP contribution < -0.4 is 4.74 Å². The Hall–Kier alpha value is -1.02. The largest absolute Gasteiger partial charge is 0.496 e. The molecule has 1 aromatic rings. The standard InChI is InChI=1S/C14H20O2/c1-10-11(2)13(16-3)7-6-12(10)14(15)8-4-5-9-14/h6-7,15H,4-5,8-9H2,1-3H3. The molecule has 0 spiro atoms. The Balaban J connectivity index is 2.46. The fourth-order valence-electron chi connectivity index (χ4n) is 2.75. The maximum absolute atomic E-state index is 10.6. The van der Waals surface area contributed by atoms with Crippen molar-refractivity contribution >= 4 is 0 Å². The first kappa shape index (κ1) is 11.5. The predicted molar refractivity (Wildman–Crippen MR) is 64.8 cm³/mol. The second-order valence-electron chi connectivity index (χ2n) is 4.80. The van der Waals surface area contributed by atoms with Crippen molar-refractivity contribution in [3.8, 4) is 5.75 Å². The lowest BCUT2D eigenvalue weighted by Crippen LogP contribution is -2.22. The van der Waals surface area contributed by atoms with Gasteiger partial charge in [-0.25, -0.2) is 0 Å². The third kappa shape index (κ3) is 1.71. The Labute approximate surface area is 97.3 Å². The van der Waals surface area contributed by atoms with E-state index in [9.17, 15) is 5.11 Å². The van der Waals surface area contributed by atoms with Gasteiger partial charge in [0.05, 0.1) is 12.7 Å². The molecule has 0 atom stereocenters. The molecule has 0 saturated heterocycles. The molecule has 1 fully saturated rings. The minimum atomic E-state index is -0.596. The van der Waals surface area contributed by atoms with E-state index in [1.165, 1.54) is 5.56 Å². The van der Waals surface area contributed by atoms with Gasteiger partial charge in [0.25, 0.3) is 0 Å². The number of methoxy groups -OCH3 is 1. The van der Waals surface area contributed by atoms with Gasteiger partial charge in [-0.2, -0.15) is 0 Å². The van der Waals surface area contributed by atoms with Gasteiger partial charge in [0, 0.05) is 0 Å². The zero-order valence-corrected chi connectivity index (χ0v) is 10.3. The molecule has 1 saturated carbocycles. The van der Waals surface area contributed by atoms with Crippen molar-refractivity contribution in [2.45, 2.75) is 45.1 Å². The summed E-state index contributed by atoms with van der Waals surface area (Å²) in [6.45, 7) is 4.12. The first-order valence-corrected chi connectivity index (χ1v) is 5.95. The van der Waals surface area contributed by atoms with Crippen molar-refractivity contribution in [1.29, 1.82) is 0 Å². The summed E-state index contributed by atoms with van der Waals surface area (Å²) < 4.78 is 5.29. The summed E-state index contributed by atoms with van der Waals surface area (Å²) in [4.78, 5) is 0. The quantitative estimate of drug-likeness (QED) is 0.830. The monoisotopic (exact) mass is 220 g/mol. The molecular formula is C14H20O2. The molecule has 2 rings (SSSR count). The van der Waals surface area contributed by atoms with Gasteiger partial charge in [0.1, 0.15) is 5.75 Å². The van der Waals surface area contributed by atoms with Crippen LogP contribution in [0.3, 0.4) is 0 Å². The summed E-state index contributed by atoms with van der Waals surface area (Å²) in [5.41, 5.74) is 2.80. The SMILES string of the molecule is COc1ccc(C2(O)CCCC2)c(C)c1C. The van der Waals surface area contributed by atoms with Crippen LogP contribution in [0.5, 0.6) is 5.75 Å². The van der Waals surface area contributed by atoms with Crippen LogP contribution in [0.15, 0.2) is 12.1 Å². The zero-order valence-electron chi connectivity index (χ0n) is 10.3. The van der Waals surface area contributed by atoms with Crippen LogP contribution in [0, 0.1) is 13.8 Å². The third-order valence-corrected chi connectivity index (χ3v) is 3.89. The molecule has 0 unspecified atom stereocenters. The van der Waals surface area contributed by atoms with Crippen LogP contribution in [0.25, 0.3) is 0 Å². The van der Waals surface area contributed by atoms with E-state index in [1.54, 1.807) is 7.11 Å². The van der Waals surface area contributed by atoms with E-state index in [1.807, 2.05) is 12.1 Å². The number of ether oxygens (including phenoxy) is 1. The number of benzene rings is 1. The molecule has 0 aromatic heterocycles. The maximum Gasteiger partial charge on any atom is 0.122 e. The minimum Gasteiger partial charge on any atom is -0.496 e. The second kappa shape index (κ2) is 4.10. The molecule has 2 nitrogen and oxygen atoms in total. The van der Waals surface area contributed by atoms with Gasteiger partial charge in [0.2, 0.25) is 0 Å². The van der Waals surface area contributed by atoms with Crippen molar-refractivity contribution in [2.24, 2.45) is 0 Å². The molecule has 0 heterocycles. The van der Waals surface area contributed by atoms with Gasteiger partial charge in [0.15, 0.2) is 0 Å². The van der Waals surface area contributed by atoms with Gasteiger partial charge in [-0.05, 0) is 49.4 Å². The van der Waals surface area contributed by atoms with Crippen molar-refractivity contribution in [3.05, 3.63) is 28.8 Å².